The van der Waals surface area contributed by atoms with Crippen molar-refractivity contribution < 1.29 is 14.3 Å². The lowest BCUT2D eigenvalue weighted by atomic mass is 9.87. The van der Waals surface area contributed by atoms with Gasteiger partial charge in [0.15, 0.2) is 0 Å². The van der Waals surface area contributed by atoms with Crippen LogP contribution in [0.25, 0.3) is 0 Å². The van der Waals surface area contributed by atoms with Crippen LogP contribution >= 0.6 is 0 Å². The first-order chi connectivity index (χ1) is 12.2. The lowest BCUT2D eigenvalue weighted by Gasteiger charge is -2.30. The molecule has 2 bridgehead atoms. The van der Waals surface area contributed by atoms with Crippen LogP contribution in [0.4, 0.5) is 4.79 Å². The third kappa shape index (κ3) is 3.28. The Morgan fingerprint density at radius 1 is 1.08 bits per heavy atom. The van der Waals surface area contributed by atoms with E-state index in [1.807, 2.05) is 35.2 Å². The van der Waals surface area contributed by atoms with E-state index >= 15 is 0 Å². The molecule has 1 aromatic carbocycles. The zero-order chi connectivity index (χ0) is 17.2. The number of carbonyl (C=O) groups excluding carboxylic acids is 2. The molecule has 5 nitrogen and oxygen atoms in total. The maximum atomic E-state index is 12.9. The molecule has 2 fully saturated rings. The summed E-state index contributed by atoms with van der Waals surface area (Å²) in [7, 11) is 0. The summed E-state index contributed by atoms with van der Waals surface area (Å²) in [4.78, 5) is 27.1. The maximum Gasteiger partial charge on any atom is 0.407 e. The average Bonchev–Trinajstić information content (AvgIpc) is 3.37. The summed E-state index contributed by atoms with van der Waals surface area (Å²) in [6.45, 7) is 1.94. The largest absolute Gasteiger partial charge is 0.445 e. The van der Waals surface area contributed by atoms with Gasteiger partial charge in [-0.15, -0.1) is 0 Å². The Labute approximate surface area is 148 Å². The molecule has 1 saturated carbocycles. The second-order valence-corrected chi connectivity index (χ2v) is 7.24. The van der Waals surface area contributed by atoms with Gasteiger partial charge in [0.05, 0.1) is 12.0 Å². The SMILES string of the molecule is O=C(N[C@@H]1C2C=CC(C2)[C@H]1C(=O)N1CCCC1)OCc1ccccc1. The van der Waals surface area contributed by atoms with Gasteiger partial charge >= 0.3 is 6.09 Å². The van der Waals surface area contributed by atoms with Crippen LogP contribution in [0.2, 0.25) is 0 Å². The molecule has 3 aliphatic rings. The van der Waals surface area contributed by atoms with E-state index < -0.39 is 6.09 Å². The fraction of sp³-hybridized carbons (Fsp3) is 0.500. The van der Waals surface area contributed by atoms with Crippen molar-refractivity contribution in [3.63, 3.8) is 0 Å². The van der Waals surface area contributed by atoms with Gasteiger partial charge in [-0.25, -0.2) is 4.79 Å². The first-order valence-corrected chi connectivity index (χ1v) is 9.17. The normalized spacial score (nSPS) is 29.8. The minimum atomic E-state index is -0.436. The molecule has 1 saturated heterocycles. The molecule has 132 valence electrons. The van der Waals surface area contributed by atoms with Crippen LogP contribution in [-0.4, -0.2) is 36.0 Å². The molecule has 1 aliphatic heterocycles. The van der Waals surface area contributed by atoms with Crippen LogP contribution < -0.4 is 5.32 Å². The molecule has 1 heterocycles. The Kier molecular flexibility index (Phi) is 4.47. The van der Waals surface area contributed by atoms with E-state index in [4.69, 9.17) is 4.74 Å². The molecule has 25 heavy (non-hydrogen) atoms. The zero-order valence-electron chi connectivity index (χ0n) is 14.3. The van der Waals surface area contributed by atoms with Gasteiger partial charge in [-0.3, -0.25) is 4.79 Å². The maximum absolute atomic E-state index is 12.9. The standard InChI is InChI=1S/C20H24N2O3/c23-19(22-10-4-5-11-22)17-15-8-9-16(12-15)18(17)21-20(24)25-13-14-6-2-1-3-7-14/h1-3,6-9,15-18H,4-5,10-13H2,(H,21,24)/t15?,16?,17-,18-/m1/s1. The van der Waals surface area contributed by atoms with Crippen LogP contribution in [-0.2, 0) is 16.1 Å². The molecule has 0 aromatic heterocycles. The van der Waals surface area contributed by atoms with Gasteiger partial charge in [0, 0.05) is 13.1 Å². The highest BCUT2D eigenvalue weighted by molar-refractivity contribution is 5.82. The van der Waals surface area contributed by atoms with Crippen LogP contribution in [0.3, 0.4) is 0 Å². The summed E-state index contributed by atoms with van der Waals surface area (Å²) in [6, 6.07) is 9.47. The predicted octanol–water partition coefficient (Wildman–Crippen LogP) is 2.73. The van der Waals surface area contributed by atoms with Gasteiger partial charge in [-0.1, -0.05) is 42.5 Å². The number of nitrogens with one attached hydrogen (secondary N) is 1. The topological polar surface area (TPSA) is 58.6 Å². The molecule has 2 aliphatic carbocycles. The summed E-state index contributed by atoms with van der Waals surface area (Å²) in [5.74, 6) is 0.545. The summed E-state index contributed by atoms with van der Waals surface area (Å²) < 4.78 is 5.35. The van der Waals surface area contributed by atoms with Gasteiger partial charge < -0.3 is 15.0 Å². The van der Waals surface area contributed by atoms with E-state index in [9.17, 15) is 9.59 Å². The van der Waals surface area contributed by atoms with Crippen molar-refractivity contribution in [1.82, 2.24) is 10.2 Å². The number of amides is 2. The first-order valence-electron chi connectivity index (χ1n) is 9.17. The molecular formula is C20H24N2O3. The number of benzene rings is 1. The quantitative estimate of drug-likeness (QED) is 0.858. The molecule has 4 atom stereocenters. The van der Waals surface area contributed by atoms with Crippen molar-refractivity contribution in [2.75, 3.05) is 13.1 Å². The fourth-order valence-electron chi connectivity index (χ4n) is 4.40. The molecule has 5 heteroatoms. The van der Waals surface area contributed by atoms with Crippen molar-refractivity contribution in [1.29, 1.82) is 0 Å². The Hall–Kier alpha value is -2.30. The number of fused-ring (bicyclic) bond motifs is 2. The smallest absolute Gasteiger partial charge is 0.407 e. The van der Waals surface area contributed by atoms with Gasteiger partial charge in [0.1, 0.15) is 6.61 Å². The third-order valence-electron chi connectivity index (χ3n) is 5.66. The molecule has 0 radical (unpaired) electrons. The lowest BCUT2D eigenvalue weighted by Crippen LogP contribution is -2.49. The second-order valence-electron chi connectivity index (χ2n) is 7.24. The van der Waals surface area contributed by atoms with Gasteiger partial charge in [-0.2, -0.15) is 0 Å². The van der Waals surface area contributed by atoms with Crippen molar-refractivity contribution in [2.24, 2.45) is 17.8 Å². The minimum Gasteiger partial charge on any atom is -0.445 e. The highest BCUT2D eigenvalue weighted by Gasteiger charge is 2.50. The Bertz CT molecular complexity index is 667. The Morgan fingerprint density at radius 2 is 1.80 bits per heavy atom. The monoisotopic (exact) mass is 340 g/mol. The van der Waals surface area contributed by atoms with Crippen molar-refractivity contribution in [3.8, 4) is 0 Å². The summed E-state index contributed by atoms with van der Waals surface area (Å²) in [6.07, 6.45) is 6.97. The highest BCUT2D eigenvalue weighted by Crippen LogP contribution is 2.44. The van der Waals surface area contributed by atoms with Crippen molar-refractivity contribution in [2.45, 2.75) is 31.9 Å². The Balaban J connectivity index is 1.38. The van der Waals surface area contributed by atoms with Crippen molar-refractivity contribution >= 4 is 12.0 Å². The van der Waals surface area contributed by atoms with Gasteiger partial charge in [-0.05, 0) is 36.7 Å². The molecule has 4 rings (SSSR count). The average molecular weight is 340 g/mol. The van der Waals surface area contributed by atoms with Crippen LogP contribution in [0.5, 0.6) is 0 Å². The van der Waals surface area contributed by atoms with E-state index in [0.29, 0.717) is 0 Å². The minimum absolute atomic E-state index is 0.141. The number of hydrogen-bond donors (Lipinski definition) is 1. The molecule has 2 unspecified atom stereocenters. The van der Waals surface area contributed by atoms with Crippen LogP contribution in [0.15, 0.2) is 42.5 Å². The van der Waals surface area contributed by atoms with E-state index in [1.54, 1.807) is 0 Å². The number of carbonyl (C=O) groups is 2. The van der Waals surface area contributed by atoms with Gasteiger partial charge in [0.2, 0.25) is 5.91 Å². The molecule has 1 aromatic rings. The highest BCUT2D eigenvalue weighted by atomic mass is 16.5. The van der Waals surface area contributed by atoms with E-state index in [1.165, 1.54) is 0 Å². The second kappa shape index (κ2) is 6.90. The fourth-order valence-corrected chi connectivity index (χ4v) is 4.40. The van der Waals surface area contributed by atoms with Gasteiger partial charge in [0.25, 0.3) is 0 Å². The Morgan fingerprint density at radius 3 is 2.56 bits per heavy atom. The first kappa shape index (κ1) is 16.2. The summed E-state index contributed by atoms with van der Waals surface area (Å²) in [5.41, 5.74) is 0.954. The van der Waals surface area contributed by atoms with E-state index in [0.717, 1.165) is 37.9 Å². The number of rotatable bonds is 4. The number of nitrogens with zero attached hydrogens (tertiary/aromatic N) is 1. The molecule has 2 amide bonds. The summed E-state index contributed by atoms with van der Waals surface area (Å²) >= 11 is 0. The third-order valence-corrected chi connectivity index (χ3v) is 5.66. The van der Waals surface area contributed by atoms with E-state index in [-0.39, 0.29) is 36.3 Å². The number of hydrogen-bond acceptors (Lipinski definition) is 3. The van der Waals surface area contributed by atoms with Crippen molar-refractivity contribution in [3.05, 3.63) is 48.0 Å². The van der Waals surface area contributed by atoms with Crippen LogP contribution in [0, 0.1) is 17.8 Å². The number of allylic oxidation sites excluding steroid dienone is 1. The van der Waals surface area contributed by atoms with Crippen LogP contribution in [0.1, 0.15) is 24.8 Å². The zero-order valence-corrected chi connectivity index (χ0v) is 14.3. The lowest BCUT2D eigenvalue weighted by molar-refractivity contribution is -0.135. The molecular weight excluding hydrogens is 316 g/mol. The predicted molar refractivity (Wildman–Crippen MR) is 93.6 cm³/mol. The number of ether oxygens (including phenoxy) is 1. The summed E-state index contributed by atoms with van der Waals surface area (Å²) in [5, 5.41) is 2.98. The molecule has 0 spiro atoms. The van der Waals surface area contributed by atoms with E-state index in [2.05, 4.69) is 17.5 Å². The molecule has 1 N–H and O–H groups in total. The number of likely N-dealkylation sites (tertiary alicyclic amines) is 1. The number of alkyl carbamates (subject to hydrolysis) is 1.